The second-order valence-corrected chi connectivity index (χ2v) is 5.33. The number of likely N-dealkylation sites (tertiary alicyclic amines) is 1. The van der Waals surface area contributed by atoms with Gasteiger partial charge in [0.15, 0.2) is 0 Å². The largest absolute Gasteiger partial charge is 0.330 e. The molecule has 2 N–H and O–H groups in total. The molecule has 16 heavy (non-hydrogen) atoms. The molecular formula is C12H21N3S. The quantitative estimate of drug-likeness (QED) is 0.874. The number of piperidine rings is 1. The number of rotatable bonds is 4. The Morgan fingerprint density at radius 1 is 1.62 bits per heavy atom. The summed E-state index contributed by atoms with van der Waals surface area (Å²) in [6.07, 6.45) is 5.83. The van der Waals surface area contributed by atoms with E-state index in [2.05, 4.69) is 22.2 Å². The van der Waals surface area contributed by atoms with Gasteiger partial charge in [0.2, 0.25) is 0 Å². The summed E-state index contributed by atoms with van der Waals surface area (Å²) in [6.45, 7) is 5.32. The van der Waals surface area contributed by atoms with Crippen molar-refractivity contribution in [3.05, 3.63) is 16.6 Å². The highest BCUT2D eigenvalue weighted by Gasteiger charge is 2.30. The van der Waals surface area contributed by atoms with Crippen molar-refractivity contribution in [2.45, 2.75) is 38.1 Å². The van der Waals surface area contributed by atoms with Crippen molar-refractivity contribution in [3.8, 4) is 0 Å². The molecule has 0 aliphatic carbocycles. The Morgan fingerprint density at radius 2 is 2.50 bits per heavy atom. The molecule has 0 aromatic carbocycles. The van der Waals surface area contributed by atoms with Gasteiger partial charge in [-0.1, -0.05) is 13.3 Å². The molecular weight excluding hydrogens is 218 g/mol. The van der Waals surface area contributed by atoms with Gasteiger partial charge in [-0.05, 0) is 25.9 Å². The fourth-order valence-corrected chi connectivity index (χ4v) is 3.52. The van der Waals surface area contributed by atoms with E-state index in [4.69, 9.17) is 5.73 Å². The van der Waals surface area contributed by atoms with Crippen LogP contribution in [0.15, 0.2) is 11.6 Å². The predicted molar refractivity (Wildman–Crippen MR) is 68.8 cm³/mol. The fourth-order valence-electron chi connectivity index (χ4n) is 2.71. The predicted octanol–water partition coefficient (Wildman–Crippen LogP) is 2.06. The van der Waals surface area contributed by atoms with Crippen LogP contribution in [0.25, 0.3) is 0 Å². The lowest BCUT2D eigenvalue weighted by Gasteiger charge is -2.38. The Kier molecular flexibility index (Phi) is 4.32. The first-order valence-electron chi connectivity index (χ1n) is 6.20. The number of hydrogen-bond donors (Lipinski definition) is 1. The molecule has 3 nitrogen and oxygen atoms in total. The van der Waals surface area contributed by atoms with Crippen LogP contribution in [-0.4, -0.2) is 35.6 Å². The molecule has 0 spiro atoms. The highest BCUT2D eigenvalue weighted by atomic mass is 32.1. The molecule has 1 aromatic rings. The zero-order valence-corrected chi connectivity index (χ0v) is 10.7. The average molecular weight is 239 g/mol. The Balaban J connectivity index is 2.13. The monoisotopic (exact) mass is 239 g/mol. The standard InChI is InChI=1S/C12H21N3S/c1-2-15-7-4-3-5-11(15)10(9-13)12-14-6-8-16-12/h6,8,10-11H,2-5,7,9,13H2,1H3. The van der Waals surface area contributed by atoms with Crippen LogP contribution in [0.1, 0.15) is 37.1 Å². The Labute approximate surface area is 102 Å². The molecule has 1 aliphatic heterocycles. The van der Waals surface area contributed by atoms with E-state index in [9.17, 15) is 0 Å². The first-order chi connectivity index (χ1) is 7.86. The molecule has 2 unspecified atom stereocenters. The van der Waals surface area contributed by atoms with E-state index >= 15 is 0 Å². The Hall–Kier alpha value is -0.450. The van der Waals surface area contributed by atoms with Crippen LogP contribution < -0.4 is 5.73 Å². The third-order valence-corrected chi connectivity index (χ3v) is 4.46. The summed E-state index contributed by atoms with van der Waals surface area (Å²) in [5.74, 6) is 0.431. The van der Waals surface area contributed by atoms with Gasteiger partial charge in [-0.2, -0.15) is 0 Å². The Bertz CT molecular complexity index is 299. The lowest BCUT2D eigenvalue weighted by molar-refractivity contribution is 0.134. The lowest BCUT2D eigenvalue weighted by Crippen LogP contribution is -2.45. The normalized spacial score (nSPS) is 24.5. The average Bonchev–Trinajstić information content (AvgIpc) is 2.84. The molecule has 0 saturated carbocycles. The molecule has 0 radical (unpaired) electrons. The van der Waals surface area contributed by atoms with Crippen LogP contribution in [0.5, 0.6) is 0 Å². The van der Waals surface area contributed by atoms with Crippen LogP contribution >= 0.6 is 11.3 Å². The van der Waals surface area contributed by atoms with E-state index in [-0.39, 0.29) is 0 Å². The molecule has 2 rings (SSSR count). The highest BCUT2D eigenvalue weighted by molar-refractivity contribution is 7.09. The van der Waals surface area contributed by atoms with Crippen molar-refractivity contribution in [2.75, 3.05) is 19.6 Å². The molecule has 0 amide bonds. The zero-order chi connectivity index (χ0) is 11.4. The SMILES string of the molecule is CCN1CCCCC1C(CN)c1nccs1. The van der Waals surface area contributed by atoms with Crippen LogP contribution in [0.4, 0.5) is 0 Å². The number of aromatic nitrogens is 1. The lowest BCUT2D eigenvalue weighted by atomic mass is 9.90. The van der Waals surface area contributed by atoms with Gasteiger partial charge < -0.3 is 5.73 Å². The number of hydrogen-bond acceptors (Lipinski definition) is 4. The topological polar surface area (TPSA) is 42.1 Å². The van der Waals surface area contributed by atoms with Gasteiger partial charge in [0.1, 0.15) is 0 Å². The molecule has 4 heteroatoms. The van der Waals surface area contributed by atoms with E-state index in [0.29, 0.717) is 18.5 Å². The molecule has 1 aromatic heterocycles. The number of nitrogens with zero attached hydrogens (tertiary/aromatic N) is 2. The van der Waals surface area contributed by atoms with Crippen molar-refractivity contribution < 1.29 is 0 Å². The second kappa shape index (κ2) is 5.75. The zero-order valence-electron chi connectivity index (χ0n) is 9.93. The smallest absolute Gasteiger partial charge is 0.0984 e. The summed E-state index contributed by atoms with van der Waals surface area (Å²) in [7, 11) is 0. The molecule has 1 aliphatic rings. The minimum Gasteiger partial charge on any atom is -0.330 e. The van der Waals surface area contributed by atoms with E-state index in [1.54, 1.807) is 11.3 Å². The first-order valence-corrected chi connectivity index (χ1v) is 7.08. The van der Waals surface area contributed by atoms with Crippen LogP contribution in [0.3, 0.4) is 0 Å². The van der Waals surface area contributed by atoms with E-state index in [1.807, 2.05) is 6.20 Å². The van der Waals surface area contributed by atoms with Gasteiger partial charge in [-0.25, -0.2) is 4.98 Å². The molecule has 2 heterocycles. The van der Waals surface area contributed by atoms with Crippen molar-refractivity contribution in [2.24, 2.45) is 5.73 Å². The first kappa shape index (κ1) is 12.0. The maximum absolute atomic E-state index is 5.95. The summed E-state index contributed by atoms with van der Waals surface area (Å²) in [6, 6.07) is 0.606. The van der Waals surface area contributed by atoms with Crippen molar-refractivity contribution in [3.63, 3.8) is 0 Å². The molecule has 1 fully saturated rings. The second-order valence-electron chi connectivity index (χ2n) is 4.40. The minimum absolute atomic E-state index is 0.431. The minimum atomic E-state index is 0.431. The third kappa shape index (κ3) is 2.44. The molecule has 1 saturated heterocycles. The maximum Gasteiger partial charge on any atom is 0.0984 e. The molecule has 0 bridgehead atoms. The summed E-state index contributed by atoms with van der Waals surface area (Å²) >= 11 is 1.74. The maximum atomic E-state index is 5.95. The van der Waals surface area contributed by atoms with Gasteiger partial charge >= 0.3 is 0 Å². The number of likely N-dealkylation sites (N-methyl/N-ethyl adjacent to an activating group) is 1. The fraction of sp³-hybridized carbons (Fsp3) is 0.750. The van der Waals surface area contributed by atoms with E-state index in [0.717, 1.165) is 6.54 Å². The van der Waals surface area contributed by atoms with Crippen molar-refractivity contribution >= 4 is 11.3 Å². The summed E-state index contributed by atoms with van der Waals surface area (Å²) < 4.78 is 0. The molecule has 90 valence electrons. The van der Waals surface area contributed by atoms with Gasteiger partial charge in [-0.3, -0.25) is 4.90 Å². The van der Waals surface area contributed by atoms with Gasteiger partial charge in [0.25, 0.3) is 0 Å². The summed E-state index contributed by atoms with van der Waals surface area (Å²) in [5, 5.41) is 3.27. The summed E-state index contributed by atoms with van der Waals surface area (Å²) in [5.41, 5.74) is 5.95. The van der Waals surface area contributed by atoms with Crippen LogP contribution in [-0.2, 0) is 0 Å². The molecule has 2 atom stereocenters. The van der Waals surface area contributed by atoms with E-state index < -0.39 is 0 Å². The van der Waals surface area contributed by atoms with Gasteiger partial charge in [0.05, 0.1) is 5.01 Å². The van der Waals surface area contributed by atoms with Crippen LogP contribution in [0, 0.1) is 0 Å². The van der Waals surface area contributed by atoms with Crippen molar-refractivity contribution in [1.82, 2.24) is 9.88 Å². The third-order valence-electron chi connectivity index (χ3n) is 3.56. The summed E-state index contributed by atoms with van der Waals surface area (Å²) in [4.78, 5) is 7.02. The Morgan fingerprint density at radius 3 is 3.12 bits per heavy atom. The van der Waals surface area contributed by atoms with Crippen LogP contribution in [0.2, 0.25) is 0 Å². The number of thiazole rings is 1. The van der Waals surface area contributed by atoms with Gasteiger partial charge in [-0.15, -0.1) is 11.3 Å². The van der Waals surface area contributed by atoms with Gasteiger partial charge in [0, 0.05) is 30.1 Å². The van der Waals surface area contributed by atoms with Crippen molar-refractivity contribution in [1.29, 1.82) is 0 Å². The number of nitrogens with two attached hydrogens (primary N) is 1. The van der Waals surface area contributed by atoms with E-state index in [1.165, 1.54) is 30.8 Å². The highest BCUT2D eigenvalue weighted by Crippen LogP contribution is 2.30.